The van der Waals surface area contributed by atoms with Gasteiger partial charge in [-0.2, -0.15) is 0 Å². The molecule has 98 valence electrons. The molecule has 0 bridgehead atoms. The van der Waals surface area contributed by atoms with Gasteiger partial charge in [-0.05, 0) is 19.8 Å². The van der Waals surface area contributed by atoms with Crippen molar-refractivity contribution >= 4 is 11.8 Å². The van der Waals surface area contributed by atoms with Crippen LogP contribution >= 0.6 is 0 Å². The van der Waals surface area contributed by atoms with Gasteiger partial charge in [0.2, 0.25) is 11.8 Å². The monoisotopic (exact) mass is 242 g/mol. The molecule has 0 aromatic carbocycles. The van der Waals surface area contributed by atoms with E-state index < -0.39 is 11.6 Å². The predicted octanol–water partition coefficient (Wildman–Crippen LogP) is 0.274. The Morgan fingerprint density at radius 1 is 1.41 bits per heavy atom. The van der Waals surface area contributed by atoms with Crippen molar-refractivity contribution in [2.75, 3.05) is 13.6 Å². The number of amides is 2. The standard InChI is InChI=1S/C12H22N2O3/c1-9(13-10(2)15)11(16)14(3)8-12(17)6-4-5-7-12/h9,17H,4-8H2,1-3H3,(H,13,15). The Kier molecular flexibility index (Phi) is 4.51. The summed E-state index contributed by atoms with van der Waals surface area (Å²) in [5.74, 6) is -0.389. The maximum atomic E-state index is 11.9. The van der Waals surface area contributed by atoms with E-state index in [2.05, 4.69) is 5.32 Å². The first-order chi connectivity index (χ1) is 7.84. The maximum absolute atomic E-state index is 11.9. The molecular weight excluding hydrogens is 220 g/mol. The molecule has 0 spiro atoms. The summed E-state index contributed by atoms with van der Waals surface area (Å²) in [6.45, 7) is 3.38. The zero-order valence-corrected chi connectivity index (χ0v) is 10.8. The van der Waals surface area contributed by atoms with Gasteiger partial charge in [0.15, 0.2) is 0 Å². The fraction of sp³-hybridized carbons (Fsp3) is 0.833. The molecule has 2 N–H and O–H groups in total. The molecule has 2 amide bonds. The summed E-state index contributed by atoms with van der Waals surface area (Å²) >= 11 is 0. The molecule has 1 atom stereocenters. The third kappa shape index (κ3) is 4.00. The molecule has 1 unspecified atom stereocenters. The Morgan fingerprint density at radius 3 is 2.41 bits per heavy atom. The van der Waals surface area contributed by atoms with Crippen LogP contribution in [-0.2, 0) is 9.59 Å². The molecule has 1 saturated carbocycles. The number of carbonyl (C=O) groups excluding carboxylic acids is 2. The van der Waals surface area contributed by atoms with Crippen molar-refractivity contribution in [2.24, 2.45) is 0 Å². The van der Waals surface area contributed by atoms with Gasteiger partial charge in [-0.3, -0.25) is 9.59 Å². The van der Waals surface area contributed by atoms with Gasteiger partial charge in [0.05, 0.1) is 5.60 Å². The van der Waals surface area contributed by atoms with E-state index in [0.29, 0.717) is 6.54 Å². The molecule has 5 nitrogen and oxygen atoms in total. The SMILES string of the molecule is CC(=O)NC(C)C(=O)N(C)CC1(O)CCCC1. The van der Waals surface area contributed by atoms with Gasteiger partial charge in [0, 0.05) is 20.5 Å². The second-order valence-electron chi connectivity index (χ2n) is 5.05. The van der Waals surface area contributed by atoms with Crippen LogP contribution in [0.1, 0.15) is 39.5 Å². The van der Waals surface area contributed by atoms with E-state index in [9.17, 15) is 14.7 Å². The number of aliphatic hydroxyl groups is 1. The number of rotatable bonds is 4. The average Bonchev–Trinajstić information content (AvgIpc) is 2.62. The van der Waals surface area contributed by atoms with E-state index in [1.54, 1.807) is 14.0 Å². The van der Waals surface area contributed by atoms with Crippen molar-refractivity contribution < 1.29 is 14.7 Å². The minimum Gasteiger partial charge on any atom is -0.388 e. The van der Waals surface area contributed by atoms with E-state index in [1.807, 2.05) is 0 Å². The van der Waals surface area contributed by atoms with Gasteiger partial charge >= 0.3 is 0 Å². The largest absolute Gasteiger partial charge is 0.388 e. The van der Waals surface area contributed by atoms with Crippen molar-refractivity contribution in [2.45, 2.75) is 51.2 Å². The number of hydrogen-bond donors (Lipinski definition) is 2. The lowest BCUT2D eigenvalue weighted by atomic mass is 10.0. The molecule has 1 rings (SSSR count). The number of nitrogens with one attached hydrogen (secondary N) is 1. The number of carbonyl (C=O) groups is 2. The van der Waals surface area contributed by atoms with E-state index in [1.165, 1.54) is 11.8 Å². The number of hydrogen-bond acceptors (Lipinski definition) is 3. The molecule has 0 saturated heterocycles. The van der Waals surface area contributed by atoms with E-state index in [-0.39, 0.29) is 11.8 Å². The first-order valence-electron chi connectivity index (χ1n) is 6.08. The molecule has 1 aliphatic rings. The molecule has 0 aromatic heterocycles. The van der Waals surface area contributed by atoms with Crippen molar-refractivity contribution in [3.8, 4) is 0 Å². The lowest BCUT2D eigenvalue weighted by molar-refractivity contribution is -0.137. The van der Waals surface area contributed by atoms with Crippen molar-refractivity contribution in [3.63, 3.8) is 0 Å². The van der Waals surface area contributed by atoms with Gasteiger partial charge in [0.25, 0.3) is 0 Å². The van der Waals surface area contributed by atoms with Crippen LogP contribution in [0, 0.1) is 0 Å². The van der Waals surface area contributed by atoms with E-state index in [4.69, 9.17) is 0 Å². The fourth-order valence-corrected chi connectivity index (χ4v) is 2.41. The van der Waals surface area contributed by atoms with E-state index in [0.717, 1.165) is 25.7 Å². The van der Waals surface area contributed by atoms with Crippen molar-refractivity contribution in [3.05, 3.63) is 0 Å². The summed E-state index contributed by atoms with van der Waals surface area (Å²) in [5, 5.41) is 12.7. The van der Waals surface area contributed by atoms with Crippen LogP contribution in [0.15, 0.2) is 0 Å². The number of nitrogens with zero attached hydrogens (tertiary/aromatic N) is 1. The molecule has 0 aromatic rings. The van der Waals surface area contributed by atoms with Crippen LogP contribution in [0.25, 0.3) is 0 Å². The van der Waals surface area contributed by atoms with Crippen LogP contribution in [0.4, 0.5) is 0 Å². The Hall–Kier alpha value is -1.10. The first-order valence-corrected chi connectivity index (χ1v) is 6.08. The molecule has 17 heavy (non-hydrogen) atoms. The quantitative estimate of drug-likeness (QED) is 0.743. The highest BCUT2D eigenvalue weighted by Crippen LogP contribution is 2.29. The molecule has 5 heteroatoms. The summed E-state index contributed by atoms with van der Waals surface area (Å²) < 4.78 is 0. The lowest BCUT2D eigenvalue weighted by Gasteiger charge is -2.30. The van der Waals surface area contributed by atoms with Gasteiger partial charge in [-0.25, -0.2) is 0 Å². The average molecular weight is 242 g/mol. The van der Waals surface area contributed by atoms with Crippen LogP contribution in [0.5, 0.6) is 0 Å². The van der Waals surface area contributed by atoms with Gasteiger partial charge in [0.1, 0.15) is 6.04 Å². The van der Waals surface area contributed by atoms with E-state index >= 15 is 0 Å². The third-order valence-corrected chi connectivity index (χ3v) is 3.23. The smallest absolute Gasteiger partial charge is 0.244 e. The predicted molar refractivity (Wildman–Crippen MR) is 64.3 cm³/mol. The third-order valence-electron chi connectivity index (χ3n) is 3.23. The molecule has 1 aliphatic carbocycles. The Morgan fingerprint density at radius 2 is 1.94 bits per heavy atom. The highest BCUT2D eigenvalue weighted by atomic mass is 16.3. The van der Waals surface area contributed by atoms with Gasteiger partial charge in [-0.1, -0.05) is 12.8 Å². The molecular formula is C12H22N2O3. The minimum absolute atomic E-state index is 0.166. The normalized spacial score (nSPS) is 19.8. The summed E-state index contributed by atoms with van der Waals surface area (Å²) in [4.78, 5) is 24.3. The molecule has 0 radical (unpaired) electrons. The van der Waals surface area contributed by atoms with Crippen molar-refractivity contribution in [1.29, 1.82) is 0 Å². The Bertz CT molecular complexity index is 298. The summed E-state index contributed by atoms with van der Waals surface area (Å²) in [6.07, 6.45) is 3.53. The molecule has 1 fully saturated rings. The maximum Gasteiger partial charge on any atom is 0.244 e. The van der Waals surface area contributed by atoms with Crippen molar-refractivity contribution in [1.82, 2.24) is 10.2 Å². The topological polar surface area (TPSA) is 69.6 Å². The second-order valence-corrected chi connectivity index (χ2v) is 5.05. The zero-order valence-electron chi connectivity index (χ0n) is 10.8. The first kappa shape index (κ1) is 14.0. The summed E-state index contributed by atoms with van der Waals surface area (Å²) in [7, 11) is 1.66. The lowest BCUT2D eigenvalue weighted by Crippen LogP contribution is -2.49. The van der Waals surface area contributed by atoms with Gasteiger partial charge < -0.3 is 15.3 Å². The second kappa shape index (κ2) is 5.49. The van der Waals surface area contributed by atoms with Crippen LogP contribution in [-0.4, -0.2) is 47.1 Å². The number of likely N-dealkylation sites (N-methyl/N-ethyl adjacent to an activating group) is 1. The van der Waals surface area contributed by atoms with Crippen LogP contribution < -0.4 is 5.32 Å². The minimum atomic E-state index is -0.736. The Labute approximate surface area is 102 Å². The summed E-state index contributed by atoms with van der Waals surface area (Å²) in [6, 6.07) is -0.539. The fourth-order valence-electron chi connectivity index (χ4n) is 2.41. The molecule has 0 heterocycles. The van der Waals surface area contributed by atoms with Crippen LogP contribution in [0.2, 0.25) is 0 Å². The van der Waals surface area contributed by atoms with Crippen LogP contribution in [0.3, 0.4) is 0 Å². The highest BCUT2D eigenvalue weighted by molar-refractivity contribution is 5.86. The Balaban J connectivity index is 2.48. The zero-order chi connectivity index (χ0) is 13.1. The highest BCUT2D eigenvalue weighted by Gasteiger charge is 2.34. The van der Waals surface area contributed by atoms with Gasteiger partial charge in [-0.15, -0.1) is 0 Å². The molecule has 0 aliphatic heterocycles. The summed E-state index contributed by atoms with van der Waals surface area (Å²) in [5.41, 5.74) is -0.736.